The Balaban J connectivity index is 2.07. The third-order valence-corrected chi connectivity index (χ3v) is 5.16. The van der Waals surface area contributed by atoms with Gasteiger partial charge in [-0.25, -0.2) is 0 Å². The maximum absolute atomic E-state index is 13.0. The predicted molar refractivity (Wildman–Crippen MR) is 121 cm³/mol. The van der Waals surface area contributed by atoms with Gasteiger partial charge in [0, 0.05) is 19.2 Å². The van der Waals surface area contributed by atoms with E-state index in [1.54, 1.807) is 48.5 Å². The number of ether oxygens (including phenoxy) is 3. The number of carbonyl (C=O) groups excluding carboxylic acids is 2. The Morgan fingerprint density at radius 2 is 1.75 bits per heavy atom. The Morgan fingerprint density at radius 3 is 2.41 bits per heavy atom. The number of likely N-dealkylation sites (tertiary alicyclic amines) is 1. The molecule has 32 heavy (non-hydrogen) atoms. The number of Topliss-reactive ketones (excluding diaryl/α,β-unsaturated/α-hetero) is 1. The van der Waals surface area contributed by atoms with Gasteiger partial charge in [0.15, 0.2) is 0 Å². The lowest BCUT2D eigenvalue weighted by Gasteiger charge is -2.25. The molecule has 1 fully saturated rings. The molecule has 7 nitrogen and oxygen atoms in total. The van der Waals surface area contributed by atoms with E-state index in [2.05, 4.69) is 0 Å². The van der Waals surface area contributed by atoms with E-state index in [4.69, 9.17) is 14.2 Å². The second-order valence-electron chi connectivity index (χ2n) is 7.36. The van der Waals surface area contributed by atoms with E-state index in [1.807, 2.05) is 13.8 Å². The first-order chi connectivity index (χ1) is 15.5. The van der Waals surface area contributed by atoms with Crippen molar-refractivity contribution in [3.8, 4) is 11.5 Å². The fourth-order valence-corrected chi connectivity index (χ4v) is 3.67. The van der Waals surface area contributed by atoms with Gasteiger partial charge in [-0.05, 0) is 43.2 Å². The molecule has 170 valence electrons. The molecule has 1 heterocycles. The highest BCUT2D eigenvalue weighted by molar-refractivity contribution is 6.46. The van der Waals surface area contributed by atoms with Crippen molar-refractivity contribution in [3.63, 3.8) is 0 Å². The van der Waals surface area contributed by atoms with E-state index < -0.39 is 17.7 Å². The van der Waals surface area contributed by atoms with E-state index in [9.17, 15) is 14.7 Å². The van der Waals surface area contributed by atoms with Crippen molar-refractivity contribution < 1.29 is 28.9 Å². The number of hydrogen-bond donors (Lipinski definition) is 1. The van der Waals surface area contributed by atoms with Gasteiger partial charge in [0.2, 0.25) is 0 Å². The van der Waals surface area contributed by atoms with Crippen LogP contribution in [0.4, 0.5) is 0 Å². The Bertz CT molecular complexity index is 982. The average molecular weight is 440 g/mol. The Hall–Kier alpha value is -3.32. The quantitative estimate of drug-likeness (QED) is 0.343. The van der Waals surface area contributed by atoms with Crippen molar-refractivity contribution in [2.45, 2.75) is 26.3 Å². The highest BCUT2D eigenvalue weighted by Gasteiger charge is 2.45. The number of methoxy groups -OCH3 is 1. The summed E-state index contributed by atoms with van der Waals surface area (Å²) in [5.41, 5.74) is 1.16. The topological polar surface area (TPSA) is 85.3 Å². The molecule has 1 aliphatic heterocycles. The highest BCUT2D eigenvalue weighted by Crippen LogP contribution is 2.40. The molecule has 0 spiro atoms. The standard InChI is InChI=1S/C25H29NO6/c1-4-14-32-20-8-6-7-18(16-20)23(27)21-22(17-9-11-19(12-10-17)31-5-2)26(13-15-30-3)25(29)24(21)28/h6-12,16,22,27H,4-5,13-15H2,1-3H3. The molecule has 1 amide bonds. The summed E-state index contributed by atoms with van der Waals surface area (Å²) in [7, 11) is 1.53. The third-order valence-electron chi connectivity index (χ3n) is 5.16. The van der Waals surface area contributed by atoms with Gasteiger partial charge in [0.05, 0.1) is 31.4 Å². The fourth-order valence-electron chi connectivity index (χ4n) is 3.67. The number of hydrogen-bond acceptors (Lipinski definition) is 6. The summed E-state index contributed by atoms with van der Waals surface area (Å²) in [5.74, 6) is -0.352. The lowest BCUT2D eigenvalue weighted by Crippen LogP contribution is -2.32. The van der Waals surface area contributed by atoms with E-state index >= 15 is 0 Å². The van der Waals surface area contributed by atoms with E-state index in [0.29, 0.717) is 35.8 Å². The molecule has 1 saturated heterocycles. The number of benzene rings is 2. The second kappa shape index (κ2) is 10.8. The van der Waals surface area contributed by atoms with Crippen LogP contribution in [0.25, 0.3) is 5.76 Å². The molecule has 0 bridgehead atoms. The Morgan fingerprint density at radius 1 is 1.00 bits per heavy atom. The van der Waals surface area contributed by atoms with Gasteiger partial charge in [-0.3, -0.25) is 9.59 Å². The summed E-state index contributed by atoms with van der Waals surface area (Å²) in [6.07, 6.45) is 0.846. The van der Waals surface area contributed by atoms with Gasteiger partial charge in [0.25, 0.3) is 11.7 Å². The van der Waals surface area contributed by atoms with Crippen LogP contribution in [0.2, 0.25) is 0 Å². The maximum Gasteiger partial charge on any atom is 0.295 e. The molecule has 1 N–H and O–H groups in total. The minimum atomic E-state index is -0.735. The lowest BCUT2D eigenvalue weighted by atomic mass is 9.95. The van der Waals surface area contributed by atoms with Gasteiger partial charge in [-0.2, -0.15) is 0 Å². The van der Waals surface area contributed by atoms with E-state index in [-0.39, 0.29) is 24.5 Å². The number of carbonyl (C=O) groups is 2. The SMILES string of the molecule is CCCOc1cccc(C(O)=C2C(=O)C(=O)N(CCOC)C2c2ccc(OCC)cc2)c1. The smallest absolute Gasteiger partial charge is 0.295 e. The molecule has 0 saturated carbocycles. The number of nitrogens with zero attached hydrogens (tertiary/aromatic N) is 1. The monoisotopic (exact) mass is 439 g/mol. The van der Waals surface area contributed by atoms with Crippen LogP contribution in [-0.2, 0) is 14.3 Å². The van der Waals surface area contributed by atoms with Crippen LogP contribution < -0.4 is 9.47 Å². The molecule has 0 aromatic heterocycles. The van der Waals surface area contributed by atoms with Gasteiger partial charge in [-0.15, -0.1) is 0 Å². The van der Waals surface area contributed by atoms with Crippen molar-refractivity contribution >= 4 is 17.4 Å². The molecule has 2 aromatic rings. The molecular weight excluding hydrogens is 410 g/mol. The van der Waals surface area contributed by atoms with Crippen LogP contribution in [0.5, 0.6) is 11.5 Å². The van der Waals surface area contributed by atoms with Crippen LogP contribution in [-0.4, -0.2) is 55.2 Å². The molecule has 1 unspecified atom stereocenters. The zero-order chi connectivity index (χ0) is 23.1. The van der Waals surface area contributed by atoms with E-state index in [0.717, 1.165) is 6.42 Å². The first-order valence-corrected chi connectivity index (χ1v) is 10.7. The average Bonchev–Trinajstić information content (AvgIpc) is 3.06. The molecular formula is C25H29NO6. The molecule has 7 heteroatoms. The second-order valence-corrected chi connectivity index (χ2v) is 7.36. The highest BCUT2D eigenvalue weighted by atomic mass is 16.5. The van der Waals surface area contributed by atoms with Crippen molar-refractivity contribution in [2.24, 2.45) is 0 Å². The first-order valence-electron chi connectivity index (χ1n) is 10.7. The molecule has 1 aliphatic rings. The lowest BCUT2D eigenvalue weighted by molar-refractivity contribution is -0.140. The zero-order valence-electron chi connectivity index (χ0n) is 18.7. The van der Waals surface area contributed by atoms with Crippen molar-refractivity contribution in [1.82, 2.24) is 4.90 Å². The predicted octanol–water partition coefficient (Wildman–Crippen LogP) is 3.94. The number of rotatable bonds is 10. The molecule has 3 rings (SSSR count). The van der Waals surface area contributed by atoms with Gasteiger partial charge < -0.3 is 24.2 Å². The fraction of sp³-hybridized carbons (Fsp3) is 0.360. The maximum atomic E-state index is 13.0. The number of aliphatic hydroxyl groups is 1. The number of aliphatic hydroxyl groups excluding tert-OH is 1. The third kappa shape index (κ3) is 4.94. The van der Waals surface area contributed by atoms with Crippen LogP contribution in [0, 0.1) is 0 Å². The minimum absolute atomic E-state index is 0.0444. The summed E-state index contributed by atoms with van der Waals surface area (Å²) in [6, 6.07) is 13.3. The van der Waals surface area contributed by atoms with Crippen LogP contribution >= 0.6 is 0 Å². The van der Waals surface area contributed by atoms with Crippen LogP contribution in [0.15, 0.2) is 54.1 Å². The van der Waals surface area contributed by atoms with Gasteiger partial charge >= 0.3 is 0 Å². The largest absolute Gasteiger partial charge is 0.507 e. The van der Waals surface area contributed by atoms with Crippen LogP contribution in [0.1, 0.15) is 37.4 Å². The first kappa shape index (κ1) is 23.3. The summed E-state index contributed by atoms with van der Waals surface area (Å²) in [5, 5.41) is 11.1. The summed E-state index contributed by atoms with van der Waals surface area (Å²) < 4.78 is 16.3. The van der Waals surface area contributed by atoms with Gasteiger partial charge in [0.1, 0.15) is 17.3 Å². The molecule has 0 radical (unpaired) electrons. The van der Waals surface area contributed by atoms with Crippen LogP contribution in [0.3, 0.4) is 0 Å². The minimum Gasteiger partial charge on any atom is -0.507 e. The Labute approximate surface area is 188 Å². The van der Waals surface area contributed by atoms with Crippen molar-refractivity contribution in [2.75, 3.05) is 33.5 Å². The summed E-state index contributed by atoms with van der Waals surface area (Å²) >= 11 is 0. The van der Waals surface area contributed by atoms with Gasteiger partial charge in [-0.1, -0.05) is 31.2 Å². The van der Waals surface area contributed by atoms with Crippen molar-refractivity contribution in [3.05, 3.63) is 65.2 Å². The Kier molecular flexibility index (Phi) is 7.89. The summed E-state index contributed by atoms with van der Waals surface area (Å²) in [6.45, 7) is 5.45. The van der Waals surface area contributed by atoms with E-state index in [1.165, 1.54) is 12.0 Å². The molecule has 2 aromatic carbocycles. The molecule has 1 atom stereocenters. The van der Waals surface area contributed by atoms with Crippen molar-refractivity contribution in [1.29, 1.82) is 0 Å². The normalized spacial score (nSPS) is 17.6. The number of ketones is 1. The number of amides is 1. The molecule has 0 aliphatic carbocycles. The summed E-state index contributed by atoms with van der Waals surface area (Å²) in [4.78, 5) is 27.3. The zero-order valence-corrected chi connectivity index (χ0v) is 18.7.